The van der Waals surface area contributed by atoms with Gasteiger partial charge in [-0.3, -0.25) is 9.59 Å². The van der Waals surface area contributed by atoms with Crippen LogP contribution in [0, 0.1) is 11.3 Å². The molecule has 0 aliphatic carbocycles. The monoisotopic (exact) mass is 519 g/mol. The van der Waals surface area contributed by atoms with Crippen molar-refractivity contribution >= 4 is 45.7 Å². The van der Waals surface area contributed by atoms with Crippen LogP contribution < -0.4 is 5.32 Å². The number of nitriles is 1. The molecule has 0 fully saturated rings. The molecule has 194 valence electrons. The number of ether oxygens (including phenoxy) is 1. The Morgan fingerprint density at radius 3 is 2.64 bits per heavy atom. The zero-order valence-corrected chi connectivity index (χ0v) is 21.3. The normalized spacial score (nSPS) is 15.1. The molecule has 0 bridgehead atoms. The van der Waals surface area contributed by atoms with Crippen LogP contribution in [0.15, 0.2) is 78.9 Å². The van der Waals surface area contributed by atoms with E-state index in [9.17, 15) is 19.6 Å². The summed E-state index contributed by atoms with van der Waals surface area (Å²) in [6.45, 7) is 3.76. The third-order valence-corrected chi connectivity index (χ3v) is 6.66. The summed E-state index contributed by atoms with van der Waals surface area (Å²) < 4.78 is 6.77. The highest BCUT2D eigenvalue weighted by atomic mass is 16.5. The third-order valence-electron chi connectivity index (χ3n) is 6.66. The van der Waals surface area contributed by atoms with E-state index in [0.717, 1.165) is 16.5 Å². The summed E-state index contributed by atoms with van der Waals surface area (Å²) >= 11 is 0. The SMILES string of the molecule is C=CCN1C(=O)Cn2c3ccccc3c3cc(C(=O)OC)nc(c32)C1C(=O)NC/C(C#N)=C/c1ccccc1. The van der Waals surface area contributed by atoms with Crippen molar-refractivity contribution in [2.24, 2.45) is 0 Å². The van der Waals surface area contributed by atoms with Crippen molar-refractivity contribution in [1.29, 1.82) is 5.26 Å². The predicted octanol–water partition coefficient (Wildman–Crippen LogP) is 3.77. The lowest BCUT2D eigenvalue weighted by Gasteiger charge is -2.28. The van der Waals surface area contributed by atoms with Crippen LogP contribution in [0.1, 0.15) is 27.8 Å². The van der Waals surface area contributed by atoms with E-state index in [-0.39, 0.29) is 36.9 Å². The van der Waals surface area contributed by atoms with Crippen molar-refractivity contribution in [3.05, 3.63) is 95.8 Å². The standard InChI is InChI=1S/C30H25N5O4/c1-3-13-34-25(36)18-35-24-12-8-7-11-21(24)22-15-23(30(38)39-2)33-26(27(22)35)28(34)29(37)32-17-20(16-31)14-19-9-5-4-6-10-19/h3-12,14-15,28H,1,13,17-18H2,2H3,(H,32,37)/b20-14+. The Morgan fingerprint density at radius 1 is 1.18 bits per heavy atom. The Morgan fingerprint density at radius 2 is 1.92 bits per heavy atom. The number of pyridine rings is 1. The molecule has 0 radical (unpaired) electrons. The molecule has 9 heteroatoms. The summed E-state index contributed by atoms with van der Waals surface area (Å²) in [7, 11) is 1.26. The van der Waals surface area contributed by atoms with Crippen LogP contribution in [0.4, 0.5) is 0 Å². The molecule has 9 nitrogen and oxygen atoms in total. The molecule has 0 spiro atoms. The van der Waals surface area contributed by atoms with Gasteiger partial charge in [-0.2, -0.15) is 5.26 Å². The van der Waals surface area contributed by atoms with Crippen molar-refractivity contribution in [2.75, 3.05) is 20.2 Å². The number of aromatic nitrogens is 2. The van der Waals surface area contributed by atoms with Crippen LogP contribution in [-0.2, 0) is 20.9 Å². The van der Waals surface area contributed by atoms with E-state index in [1.165, 1.54) is 18.1 Å². The zero-order valence-electron chi connectivity index (χ0n) is 21.3. The van der Waals surface area contributed by atoms with E-state index in [1.807, 2.05) is 59.2 Å². The van der Waals surface area contributed by atoms with Crippen LogP contribution in [-0.4, -0.2) is 52.4 Å². The second-order valence-electron chi connectivity index (χ2n) is 9.03. The Hall–Kier alpha value is -5.23. The summed E-state index contributed by atoms with van der Waals surface area (Å²) in [5.74, 6) is -1.50. The predicted molar refractivity (Wildman–Crippen MR) is 146 cm³/mol. The molecule has 1 aliphatic rings. The lowest BCUT2D eigenvalue weighted by molar-refractivity contribution is -0.140. The van der Waals surface area contributed by atoms with Crippen molar-refractivity contribution < 1.29 is 19.1 Å². The van der Waals surface area contributed by atoms with E-state index in [1.54, 1.807) is 12.1 Å². The number of methoxy groups -OCH3 is 1. The second kappa shape index (κ2) is 10.6. The molecular formula is C30H25N5O4. The first-order valence-electron chi connectivity index (χ1n) is 12.3. The number of carbonyl (C=O) groups is 3. The molecule has 0 saturated heterocycles. The quantitative estimate of drug-likeness (QED) is 0.226. The molecule has 2 aromatic heterocycles. The van der Waals surface area contributed by atoms with Gasteiger partial charge in [0.2, 0.25) is 11.8 Å². The van der Waals surface area contributed by atoms with Crippen molar-refractivity contribution in [1.82, 2.24) is 19.8 Å². The fourth-order valence-corrected chi connectivity index (χ4v) is 4.95. The lowest BCUT2D eigenvalue weighted by atomic mass is 10.0. The third kappa shape index (κ3) is 4.64. The summed E-state index contributed by atoms with van der Waals surface area (Å²) in [5, 5.41) is 14.0. The molecular weight excluding hydrogens is 494 g/mol. The number of para-hydroxylation sites is 1. The molecule has 2 amide bonds. The van der Waals surface area contributed by atoms with Crippen LogP contribution in [0.25, 0.3) is 27.9 Å². The molecule has 2 aromatic carbocycles. The van der Waals surface area contributed by atoms with E-state index in [4.69, 9.17) is 4.74 Å². The van der Waals surface area contributed by atoms with Gasteiger partial charge in [-0.15, -0.1) is 6.58 Å². The Kier molecular flexibility index (Phi) is 6.93. The average Bonchev–Trinajstić information content (AvgIpc) is 3.21. The van der Waals surface area contributed by atoms with Crippen molar-refractivity contribution in [2.45, 2.75) is 12.6 Å². The van der Waals surface area contributed by atoms with Crippen molar-refractivity contribution in [3.63, 3.8) is 0 Å². The van der Waals surface area contributed by atoms with E-state index in [0.29, 0.717) is 16.5 Å². The maximum atomic E-state index is 13.8. The summed E-state index contributed by atoms with van der Waals surface area (Å²) in [4.78, 5) is 46.0. The molecule has 0 saturated carbocycles. The number of esters is 1. The van der Waals surface area contributed by atoms with Gasteiger partial charge in [0.1, 0.15) is 12.2 Å². The first-order chi connectivity index (χ1) is 19.0. The summed E-state index contributed by atoms with van der Waals surface area (Å²) in [6.07, 6.45) is 3.22. The first kappa shape index (κ1) is 25.4. The van der Waals surface area contributed by atoms with Gasteiger partial charge < -0.3 is 19.5 Å². The van der Waals surface area contributed by atoms with Gasteiger partial charge in [-0.05, 0) is 23.8 Å². The number of fused-ring (bicyclic) bond motifs is 3. The minimum Gasteiger partial charge on any atom is -0.464 e. The van der Waals surface area contributed by atoms with Crippen LogP contribution >= 0.6 is 0 Å². The largest absolute Gasteiger partial charge is 0.464 e. The van der Waals surface area contributed by atoms with Crippen LogP contribution in [0.3, 0.4) is 0 Å². The molecule has 1 unspecified atom stereocenters. The van der Waals surface area contributed by atoms with E-state index in [2.05, 4.69) is 22.9 Å². The number of nitrogens with zero attached hydrogens (tertiary/aromatic N) is 4. The van der Waals surface area contributed by atoms with Gasteiger partial charge >= 0.3 is 5.97 Å². The highest BCUT2D eigenvalue weighted by Gasteiger charge is 2.38. The Balaban J connectivity index is 1.65. The number of hydrogen-bond acceptors (Lipinski definition) is 6. The van der Waals surface area contributed by atoms with Gasteiger partial charge in [0.25, 0.3) is 0 Å². The number of rotatable bonds is 7. The minimum atomic E-state index is -1.18. The van der Waals surface area contributed by atoms with E-state index >= 15 is 0 Å². The Labute approximate surface area is 224 Å². The van der Waals surface area contributed by atoms with Crippen LogP contribution in [0.5, 0.6) is 0 Å². The molecule has 39 heavy (non-hydrogen) atoms. The number of benzene rings is 2. The molecule has 4 aromatic rings. The van der Waals surface area contributed by atoms with E-state index < -0.39 is 17.9 Å². The van der Waals surface area contributed by atoms with Crippen LogP contribution in [0.2, 0.25) is 0 Å². The fourth-order valence-electron chi connectivity index (χ4n) is 4.95. The fraction of sp³-hybridized carbons (Fsp3) is 0.167. The van der Waals surface area contributed by atoms with Gasteiger partial charge in [0.15, 0.2) is 6.04 Å². The van der Waals surface area contributed by atoms with Gasteiger partial charge in [-0.1, -0.05) is 54.6 Å². The number of amides is 2. The highest BCUT2D eigenvalue weighted by Crippen LogP contribution is 2.37. The van der Waals surface area contributed by atoms with Crippen molar-refractivity contribution in [3.8, 4) is 6.07 Å². The number of nitrogens with one attached hydrogen (secondary N) is 1. The topological polar surface area (TPSA) is 117 Å². The lowest BCUT2D eigenvalue weighted by Crippen LogP contribution is -2.44. The first-order valence-corrected chi connectivity index (χ1v) is 12.3. The molecule has 1 atom stereocenters. The molecule has 5 rings (SSSR count). The van der Waals surface area contributed by atoms with Gasteiger partial charge in [0, 0.05) is 28.4 Å². The summed E-state index contributed by atoms with van der Waals surface area (Å²) in [6, 6.07) is 19.4. The maximum absolute atomic E-state index is 13.8. The number of hydrogen-bond donors (Lipinski definition) is 1. The smallest absolute Gasteiger partial charge is 0.356 e. The zero-order chi connectivity index (χ0) is 27.5. The van der Waals surface area contributed by atoms with Gasteiger partial charge in [-0.25, -0.2) is 9.78 Å². The molecule has 1 N–H and O–H groups in total. The minimum absolute atomic E-state index is 0.0226. The molecule has 1 aliphatic heterocycles. The highest BCUT2D eigenvalue weighted by molar-refractivity contribution is 6.12. The average molecular weight is 520 g/mol. The number of carbonyl (C=O) groups excluding carboxylic acids is 3. The Bertz CT molecular complexity index is 1700. The van der Waals surface area contributed by atoms with Gasteiger partial charge in [0.05, 0.1) is 30.9 Å². The molecule has 3 heterocycles. The second-order valence-corrected chi connectivity index (χ2v) is 9.03. The summed E-state index contributed by atoms with van der Waals surface area (Å²) in [5.41, 5.74) is 2.79. The maximum Gasteiger partial charge on any atom is 0.356 e.